The van der Waals surface area contributed by atoms with Crippen LogP contribution in [0.3, 0.4) is 0 Å². The molecule has 6 nitrogen and oxygen atoms in total. The monoisotopic (exact) mass is 281 g/mol. The number of aliphatic carboxylic acids is 1. The highest BCUT2D eigenvalue weighted by molar-refractivity contribution is 5.95. The van der Waals surface area contributed by atoms with Gasteiger partial charge in [0, 0.05) is 12.7 Å². The quantitative estimate of drug-likeness (QED) is 0.832. The minimum absolute atomic E-state index is 0.186. The molecular weight excluding hydrogens is 258 g/mol. The summed E-state index contributed by atoms with van der Waals surface area (Å²) in [5.41, 5.74) is 1.19. The molecule has 0 bridgehead atoms. The number of aromatic nitrogens is 2. The number of nitrogens with one attached hydrogen (secondary N) is 1. The fraction of sp³-hybridized carbons (Fsp3) is 0.643. The van der Waals surface area contributed by atoms with E-state index in [2.05, 4.69) is 10.4 Å². The molecule has 0 saturated heterocycles. The number of nitrogens with zero attached hydrogens (tertiary/aromatic N) is 2. The Kier molecular flexibility index (Phi) is 5.30. The van der Waals surface area contributed by atoms with E-state index in [1.807, 2.05) is 27.7 Å². The highest BCUT2D eigenvalue weighted by Crippen LogP contribution is 2.15. The molecule has 0 aliphatic rings. The summed E-state index contributed by atoms with van der Waals surface area (Å²) in [6.07, 6.45) is 0.394. The van der Waals surface area contributed by atoms with Crippen LogP contribution in [-0.2, 0) is 11.8 Å². The van der Waals surface area contributed by atoms with Crippen molar-refractivity contribution in [1.29, 1.82) is 0 Å². The molecule has 112 valence electrons. The summed E-state index contributed by atoms with van der Waals surface area (Å²) in [5.74, 6) is -1.03. The van der Waals surface area contributed by atoms with Gasteiger partial charge in [0.15, 0.2) is 0 Å². The summed E-state index contributed by atoms with van der Waals surface area (Å²) in [6.45, 7) is 7.86. The zero-order valence-corrected chi connectivity index (χ0v) is 12.7. The molecule has 0 aliphatic carbocycles. The van der Waals surface area contributed by atoms with Gasteiger partial charge < -0.3 is 10.4 Å². The second-order valence-electron chi connectivity index (χ2n) is 5.73. The first kappa shape index (κ1) is 16.2. The first-order chi connectivity index (χ1) is 9.22. The van der Waals surface area contributed by atoms with E-state index in [1.165, 1.54) is 0 Å². The zero-order chi connectivity index (χ0) is 15.4. The van der Waals surface area contributed by atoms with Crippen LogP contribution in [0.2, 0.25) is 0 Å². The largest absolute Gasteiger partial charge is 0.480 e. The van der Waals surface area contributed by atoms with Gasteiger partial charge in [-0.25, -0.2) is 4.79 Å². The molecular formula is C14H23N3O3. The van der Waals surface area contributed by atoms with Gasteiger partial charge >= 0.3 is 5.97 Å². The number of carboxylic acids is 1. The van der Waals surface area contributed by atoms with E-state index in [1.54, 1.807) is 17.8 Å². The van der Waals surface area contributed by atoms with E-state index >= 15 is 0 Å². The molecule has 1 aromatic heterocycles. The van der Waals surface area contributed by atoms with Crippen LogP contribution in [0.5, 0.6) is 0 Å². The maximum atomic E-state index is 12.1. The standard InChI is InChI=1S/C14H23N3O3/c1-8(2)6-11(14(19)20)15-13(18)10-7-12(9(3)4)17(5)16-10/h7-9,11H,6H2,1-5H3,(H,15,18)(H,19,20). The van der Waals surface area contributed by atoms with Crippen molar-refractivity contribution < 1.29 is 14.7 Å². The lowest BCUT2D eigenvalue weighted by atomic mass is 10.0. The number of aryl methyl sites for hydroxylation is 1. The zero-order valence-electron chi connectivity index (χ0n) is 12.7. The average Bonchev–Trinajstić information content (AvgIpc) is 2.69. The topological polar surface area (TPSA) is 84.2 Å². The van der Waals surface area contributed by atoms with Crippen molar-refractivity contribution in [2.24, 2.45) is 13.0 Å². The number of hydrogen-bond acceptors (Lipinski definition) is 3. The summed E-state index contributed by atoms with van der Waals surface area (Å²) in [4.78, 5) is 23.2. The molecule has 1 rings (SSSR count). The second kappa shape index (κ2) is 6.54. The van der Waals surface area contributed by atoms with Crippen LogP contribution in [0.4, 0.5) is 0 Å². The lowest BCUT2D eigenvalue weighted by Gasteiger charge is -2.15. The lowest BCUT2D eigenvalue weighted by molar-refractivity contribution is -0.139. The second-order valence-corrected chi connectivity index (χ2v) is 5.73. The van der Waals surface area contributed by atoms with Gasteiger partial charge in [0.25, 0.3) is 5.91 Å². The molecule has 0 fully saturated rings. The van der Waals surface area contributed by atoms with Crippen molar-refractivity contribution in [1.82, 2.24) is 15.1 Å². The third-order valence-corrected chi connectivity index (χ3v) is 3.05. The van der Waals surface area contributed by atoms with E-state index in [0.29, 0.717) is 6.42 Å². The minimum atomic E-state index is -1.02. The van der Waals surface area contributed by atoms with Crippen LogP contribution in [-0.4, -0.2) is 32.8 Å². The van der Waals surface area contributed by atoms with E-state index < -0.39 is 17.9 Å². The number of carboxylic acid groups (broad SMARTS) is 1. The predicted molar refractivity (Wildman–Crippen MR) is 75.6 cm³/mol. The molecule has 0 saturated carbocycles. The summed E-state index contributed by atoms with van der Waals surface area (Å²) < 4.78 is 1.65. The maximum Gasteiger partial charge on any atom is 0.326 e. The van der Waals surface area contributed by atoms with Crippen LogP contribution in [0, 0.1) is 5.92 Å². The van der Waals surface area contributed by atoms with Gasteiger partial charge in [-0.2, -0.15) is 5.10 Å². The van der Waals surface area contributed by atoms with E-state index in [4.69, 9.17) is 5.11 Å². The third kappa shape index (κ3) is 4.08. The Labute approximate surface area is 119 Å². The Hall–Kier alpha value is -1.85. The Morgan fingerprint density at radius 2 is 1.95 bits per heavy atom. The van der Waals surface area contributed by atoms with Crippen molar-refractivity contribution in [3.05, 3.63) is 17.5 Å². The highest BCUT2D eigenvalue weighted by atomic mass is 16.4. The minimum Gasteiger partial charge on any atom is -0.480 e. The fourth-order valence-corrected chi connectivity index (χ4v) is 2.06. The summed E-state index contributed by atoms with van der Waals surface area (Å²) in [6, 6.07) is 0.820. The number of rotatable bonds is 6. The number of carbonyl (C=O) groups is 2. The molecule has 0 radical (unpaired) electrons. The number of amides is 1. The lowest BCUT2D eigenvalue weighted by Crippen LogP contribution is -2.41. The third-order valence-electron chi connectivity index (χ3n) is 3.05. The molecule has 1 unspecified atom stereocenters. The normalized spacial score (nSPS) is 12.8. The molecule has 0 aliphatic heterocycles. The molecule has 2 N–H and O–H groups in total. The molecule has 1 amide bonds. The van der Waals surface area contributed by atoms with Crippen molar-refractivity contribution in [2.75, 3.05) is 0 Å². The highest BCUT2D eigenvalue weighted by Gasteiger charge is 2.23. The SMILES string of the molecule is CC(C)CC(NC(=O)c1cc(C(C)C)n(C)n1)C(=O)O. The molecule has 1 heterocycles. The van der Waals surface area contributed by atoms with Crippen molar-refractivity contribution in [3.63, 3.8) is 0 Å². The average molecular weight is 281 g/mol. The molecule has 6 heteroatoms. The van der Waals surface area contributed by atoms with Gasteiger partial charge in [0.2, 0.25) is 0 Å². The van der Waals surface area contributed by atoms with Gasteiger partial charge in [-0.15, -0.1) is 0 Å². The smallest absolute Gasteiger partial charge is 0.326 e. The summed E-state index contributed by atoms with van der Waals surface area (Å²) in [7, 11) is 1.77. The van der Waals surface area contributed by atoms with Crippen LogP contribution in [0.25, 0.3) is 0 Å². The first-order valence-corrected chi connectivity index (χ1v) is 6.80. The van der Waals surface area contributed by atoms with Gasteiger partial charge in [0.1, 0.15) is 11.7 Å². The fourth-order valence-electron chi connectivity index (χ4n) is 2.06. The van der Waals surface area contributed by atoms with Gasteiger partial charge in [0.05, 0.1) is 0 Å². The van der Waals surface area contributed by atoms with Gasteiger partial charge in [-0.3, -0.25) is 9.48 Å². The van der Waals surface area contributed by atoms with Crippen LogP contribution < -0.4 is 5.32 Å². The van der Waals surface area contributed by atoms with Crippen molar-refractivity contribution >= 4 is 11.9 Å². The van der Waals surface area contributed by atoms with E-state index in [9.17, 15) is 9.59 Å². The Bertz CT molecular complexity index is 492. The van der Waals surface area contributed by atoms with Gasteiger partial charge in [-0.05, 0) is 24.3 Å². The molecule has 1 atom stereocenters. The molecule has 0 aromatic carbocycles. The molecule has 20 heavy (non-hydrogen) atoms. The summed E-state index contributed by atoms with van der Waals surface area (Å²) in [5, 5.41) is 15.8. The van der Waals surface area contributed by atoms with Crippen molar-refractivity contribution in [2.45, 2.75) is 46.1 Å². The van der Waals surface area contributed by atoms with E-state index in [0.717, 1.165) is 5.69 Å². The Morgan fingerprint density at radius 3 is 2.35 bits per heavy atom. The Balaban J connectivity index is 2.84. The van der Waals surface area contributed by atoms with Crippen molar-refractivity contribution in [3.8, 4) is 0 Å². The maximum absolute atomic E-state index is 12.1. The predicted octanol–water partition coefficient (Wildman–Crippen LogP) is 1.77. The number of carbonyl (C=O) groups excluding carboxylic acids is 1. The van der Waals surface area contributed by atoms with Gasteiger partial charge in [-0.1, -0.05) is 27.7 Å². The molecule has 1 aromatic rings. The van der Waals surface area contributed by atoms with Crippen LogP contribution in [0.1, 0.15) is 56.2 Å². The number of hydrogen-bond donors (Lipinski definition) is 2. The van der Waals surface area contributed by atoms with Crippen LogP contribution >= 0.6 is 0 Å². The molecule has 0 spiro atoms. The van der Waals surface area contributed by atoms with Crippen LogP contribution in [0.15, 0.2) is 6.07 Å². The summed E-state index contributed by atoms with van der Waals surface area (Å²) >= 11 is 0. The Morgan fingerprint density at radius 1 is 1.35 bits per heavy atom. The first-order valence-electron chi connectivity index (χ1n) is 6.80. The van der Waals surface area contributed by atoms with E-state index in [-0.39, 0.29) is 17.5 Å².